The quantitative estimate of drug-likeness (QED) is 0.673. The molecule has 0 aliphatic heterocycles. The third kappa shape index (κ3) is 3.61. The van der Waals surface area contributed by atoms with E-state index in [9.17, 15) is 30.7 Å². The monoisotopic (exact) mass is 288 g/mol. The Balaban J connectivity index is 3.40. The van der Waals surface area contributed by atoms with Crippen LogP contribution in [0.3, 0.4) is 0 Å². The van der Waals surface area contributed by atoms with Gasteiger partial charge in [-0.15, -0.1) is 0 Å². The molecule has 7 heteroatoms. The van der Waals surface area contributed by atoms with Gasteiger partial charge < -0.3 is 0 Å². The van der Waals surface area contributed by atoms with Crippen LogP contribution < -0.4 is 0 Å². The first-order chi connectivity index (χ1) is 8.35. The average Bonchev–Trinajstić information content (AvgIpc) is 2.11. The zero-order valence-electron chi connectivity index (χ0n) is 10.1. The lowest BCUT2D eigenvalue weighted by molar-refractivity contribution is -0.273. The molecule has 1 rings (SSSR count). The number of alkyl halides is 7. The Hall–Kier alpha value is -1.27. The van der Waals surface area contributed by atoms with E-state index in [0.29, 0.717) is 0 Å². The Kier molecular flexibility index (Phi) is 3.89. The molecule has 0 spiro atoms. The van der Waals surface area contributed by atoms with Crippen molar-refractivity contribution >= 4 is 0 Å². The number of benzene rings is 1. The number of halogens is 7. The van der Waals surface area contributed by atoms with Crippen molar-refractivity contribution in [1.82, 2.24) is 0 Å². The van der Waals surface area contributed by atoms with Crippen molar-refractivity contribution in [3.63, 3.8) is 0 Å². The minimum absolute atomic E-state index is 0.267. The van der Waals surface area contributed by atoms with Gasteiger partial charge >= 0.3 is 12.4 Å². The Bertz CT molecular complexity index is 438. The van der Waals surface area contributed by atoms with Gasteiger partial charge in [0, 0.05) is 0 Å². The van der Waals surface area contributed by atoms with E-state index in [1.54, 1.807) is 0 Å². The molecule has 108 valence electrons. The molecule has 0 nitrogen and oxygen atoms in total. The van der Waals surface area contributed by atoms with Gasteiger partial charge in [-0.3, -0.25) is 0 Å². The fraction of sp³-hybridized carbons (Fsp3) is 0.500. The van der Waals surface area contributed by atoms with Gasteiger partial charge in [-0.05, 0) is 19.4 Å². The van der Waals surface area contributed by atoms with Crippen LogP contribution >= 0.6 is 0 Å². The third-order valence-corrected chi connectivity index (χ3v) is 2.57. The molecule has 0 bridgehead atoms. The molecule has 0 aliphatic carbocycles. The maximum atomic E-state index is 14.0. The van der Waals surface area contributed by atoms with Gasteiger partial charge in [0.2, 0.25) is 5.67 Å². The second kappa shape index (κ2) is 4.68. The van der Waals surface area contributed by atoms with Gasteiger partial charge in [0.1, 0.15) is 0 Å². The minimum atomic E-state index is -5.64. The van der Waals surface area contributed by atoms with Crippen LogP contribution in [0.25, 0.3) is 0 Å². The van der Waals surface area contributed by atoms with Crippen molar-refractivity contribution in [3.8, 4) is 0 Å². The summed E-state index contributed by atoms with van der Waals surface area (Å²) < 4.78 is 88.9. The summed E-state index contributed by atoms with van der Waals surface area (Å²) in [5.41, 5.74) is -4.91. The fourth-order valence-corrected chi connectivity index (χ4v) is 1.85. The summed E-state index contributed by atoms with van der Waals surface area (Å²) in [4.78, 5) is 0. The van der Waals surface area contributed by atoms with E-state index in [0.717, 1.165) is 12.1 Å². The van der Waals surface area contributed by atoms with Crippen LogP contribution in [0.1, 0.15) is 23.1 Å². The lowest BCUT2D eigenvalue weighted by Gasteiger charge is -2.29. The van der Waals surface area contributed by atoms with Gasteiger partial charge in [-0.2, -0.15) is 26.3 Å². The second-order valence-corrected chi connectivity index (χ2v) is 4.47. The summed E-state index contributed by atoms with van der Waals surface area (Å²) in [6.45, 7) is 2.78. The number of hydrogen-bond acceptors (Lipinski definition) is 0. The fourth-order valence-electron chi connectivity index (χ4n) is 1.85. The number of aryl methyl sites for hydroxylation is 2. The normalized spacial score (nSPS) is 16.3. The molecule has 0 aliphatic rings. The number of rotatable bonds is 2. The SMILES string of the molecule is Cc1cc(C)cc(C(F)(CC(F)(F)F)C(F)(F)F)c1. The molecule has 0 fully saturated rings. The summed E-state index contributed by atoms with van der Waals surface area (Å²) in [5, 5.41) is 0. The zero-order valence-corrected chi connectivity index (χ0v) is 10.1. The van der Waals surface area contributed by atoms with Crippen molar-refractivity contribution in [2.24, 2.45) is 0 Å². The highest BCUT2D eigenvalue weighted by molar-refractivity contribution is 5.33. The van der Waals surface area contributed by atoms with Gasteiger partial charge in [-0.25, -0.2) is 4.39 Å². The van der Waals surface area contributed by atoms with Crippen LogP contribution in [-0.4, -0.2) is 12.4 Å². The van der Waals surface area contributed by atoms with Gasteiger partial charge in [-0.1, -0.05) is 29.3 Å². The summed E-state index contributed by atoms with van der Waals surface area (Å²) in [6, 6.07) is 3.02. The van der Waals surface area contributed by atoms with Gasteiger partial charge in [0.15, 0.2) is 0 Å². The largest absolute Gasteiger partial charge is 0.427 e. The molecule has 1 aromatic rings. The van der Waals surface area contributed by atoms with Crippen molar-refractivity contribution in [2.45, 2.75) is 38.3 Å². The van der Waals surface area contributed by atoms with Gasteiger partial charge in [0.05, 0.1) is 6.42 Å². The van der Waals surface area contributed by atoms with Crippen LogP contribution in [0.15, 0.2) is 18.2 Å². The Morgan fingerprint density at radius 3 is 1.53 bits per heavy atom. The van der Waals surface area contributed by atoms with Crippen molar-refractivity contribution in [2.75, 3.05) is 0 Å². The Labute approximate surface area is 105 Å². The van der Waals surface area contributed by atoms with E-state index >= 15 is 0 Å². The standard InChI is InChI=1S/C12H11F7/c1-7-3-8(2)5-9(4-7)10(13,12(17,18)19)6-11(14,15)16/h3-5H,6H2,1-2H3. The summed E-state index contributed by atoms with van der Waals surface area (Å²) in [7, 11) is 0. The molecular formula is C12H11F7. The summed E-state index contributed by atoms with van der Waals surface area (Å²) in [5.74, 6) is 0. The van der Waals surface area contributed by atoms with E-state index in [-0.39, 0.29) is 11.1 Å². The lowest BCUT2D eigenvalue weighted by atomic mass is 9.89. The first-order valence-corrected chi connectivity index (χ1v) is 5.26. The van der Waals surface area contributed by atoms with Crippen LogP contribution in [0.5, 0.6) is 0 Å². The van der Waals surface area contributed by atoms with Crippen LogP contribution in [-0.2, 0) is 5.67 Å². The molecule has 0 N–H and O–H groups in total. The molecule has 19 heavy (non-hydrogen) atoms. The van der Waals surface area contributed by atoms with Crippen molar-refractivity contribution in [3.05, 3.63) is 34.9 Å². The number of hydrogen-bond donors (Lipinski definition) is 0. The lowest BCUT2D eigenvalue weighted by Crippen LogP contribution is -2.42. The van der Waals surface area contributed by atoms with E-state index in [1.165, 1.54) is 19.9 Å². The molecule has 1 aromatic carbocycles. The molecule has 0 amide bonds. The van der Waals surface area contributed by atoms with Gasteiger partial charge in [0.25, 0.3) is 0 Å². The highest BCUT2D eigenvalue weighted by atomic mass is 19.4. The molecule has 1 atom stereocenters. The highest BCUT2D eigenvalue weighted by Gasteiger charge is 2.61. The Morgan fingerprint density at radius 1 is 0.789 bits per heavy atom. The molecule has 0 saturated carbocycles. The first kappa shape index (κ1) is 15.8. The maximum absolute atomic E-state index is 14.0. The van der Waals surface area contributed by atoms with Crippen LogP contribution in [0, 0.1) is 13.8 Å². The van der Waals surface area contributed by atoms with Crippen LogP contribution in [0.2, 0.25) is 0 Å². The molecule has 0 saturated heterocycles. The molecule has 0 heterocycles. The van der Waals surface area contributed by atoms with Crippen molar-refractivity contribution in [1.29, 1.82) is 0 Å². The molecular weight excluding hydrogens is 277 g/mol. The highest BCUT2D eigenvalue weighted by Crippen LogP contribution is 2.49. The topological polar surface area (TPSA) is 0 Å². The summed E-state index contributed by atoms with van der Waals surface area (Å²) >= 11 is 0. The molecule has 1 unspecified atom stereocenters. The molecule has 0 radical (unpaired) electrons. The van der Waals surface area contributed by atoms with E-state index in [2.05, 4.69) is 0 Å². The average molecular weight is 288 g/mol. The first-order valence-electron chi connectivity index (χ1n) is 5.26. The maximum Gasteiger partial charge on any atom is 0.427 e. The predicted octanol–water partition coefficient (Wildman–Crippen LogP) is 4.98. The Morgan fingerprint density at radius 2 is 1.21 bits per heavy atom. The predicted molar refractivity (Wildman–Crippen MR) is 55.4 cm³/mol. The van der Waals surface area contributed by atoms with Crippen LogP contribution in [0.4, 0.5) is 30.7 Å². The van der Waals surface area contributed by atoms with Crippen molar-refractivity contribution < 1.29 is 30.7 Å². The van der Waals surface area contributed by atoms with E-state index in [4.69, 9.17) is 0 Å². The van der Waals surface area contributed by atoms with E-state index in [1.807, 2.05) is 0 Å². The summed E-state index contributed by atoms with van der Waals surface area (Å²) in [6.07, 6.45) is -13.5. The minimum Gasteiger partial charge on any atom is -0.228 e. The smallest absolute Gasteiger partial charge is 0.228 e. The molecule has 0 aromatic heterocycles. The second-order valence-electron chi connectivity index (χ2n) is 4.47. The van der Waals surface area contributed by atoms with E-state index < -0.39 is 30.0 Å². The zero-order chi connectivity index (χ0) is 15.1. The third-order valence-electron chi connectivity index (χ3n) is 2.57.